The molecule has 1 amide bonds. The summed E-state index contributed by atoms with van der Waals surface area (Å²) >= 11 is 0. The first kappa shape index (κ1) is 14.3. The van der Waals surface area contributed by atoms with Crippen molar-refractivity contribution in [3.05, 3.63) is 0 Å². The van der Waals surface area contributed by atoms with E-state index in [4.69, 9.17) is 4.74 Å². The molecule has 0 aromatic carbocycles. The molecule has 4 heteroatoms. The summed E-state index contributed by atoms with van der Waals surface area (Å²) in [6, 6.07) is 0.687. The molecule has 0 radical (unpaired) electrons. The number of nitrogens with zero attached hydrogens (tertiary/aromatic N) is 2. The minimum absolute atomic E-state index is 0.343. The molecule has 0 aromatic heterocycles. The van der Waals surface area contributed by atoms with Crippen LogP contribution in [-0.2, 0) is 9.53 Å². The van der Waals surface area contributed by atoms with Crippen LogP contribution in [0.3, 0.4) is 0 Å². The summed E-state index contributed by atoms with van der Waals surface area (Å²) in [5.41, 5.74) is 0.395. The number of hydrogen-bond donors (Lipinski definition) is 0. The van der Waals surface area contributed by atoms with E-state index in [2.05, 4.69) is 23.6 Å². The van der Waals surface area contributed by atoms with E-state index in [1.54, 1.807) is 0 Å². The van der Waals surface area contributed by atoms with Crippen LogP contribution in [0.1, 0.15) is 46.0 Å². The van der Waals surface area contributed by atoms with E-state index in [9.17, 15) is 4.79 Å². The molecular weight excluding hydrogens is 252 g/mol. The zero-order chi connectivity index (χ0) is 14.2. The van der Waals surface area contributed by atoms with Gasteiger partial charge in [0.1, 0.15) is 0 Å². The summed E-state index contributed by atoms with van der Waals surface area (Å²) in [6.45, 7) is 8.60. The topological polar surface area (TPSA) is 32.8 Å². The van der Waals surface area contributed by atoms with Gasteiger partial charge in [0.05, 0.1) is 12.6 Å². The normalized spacial score (nSPS) is 33.0. The van der Waals surface area contributed by atoms with E-state index in [1.165, 1.54) is 19.3 Å². The fourth-order valence-corrected chi connectivity index (χ4v) is 3.95. The maximum Gasteiger partial charge on any atom is 0.236 e. The van der Waals surface area contributed by atoms with E-state index < -0.39 is 0 Å². The van der Waals surface area contributed by atoms with Crippen LogP contribution in [0, 0.1) is 5.41 Å². The lowest BCUT2D eigenvalue weighted by molar-refractivity contribution is -0.133. The molecule has 0 unspecified atom stereocenters. The Balaban J connectivity index is 1.46. The van der Waals surface area contributed by atoms with Crippen LogP contribution in [0.5, 0.6) is 0 Å². The van der Waals surface area contributed by atoms with Gasteiger partial charge >= 0.3 is 0 Å². The van der Waals surface area contributed by atoms with E-state index in [0.717, 1.165) is 39.1 Å². The Hall–Kier alpha value is -0.610. The van der Waals surface area contributed by atoms with Crippen molar-refractivity contribution in [2.45, 2.75) is 58.1 Å². The Labute approximate surface area is 122 Å². The molecule has 3 rings (SSSR count). The van der Waals surface area contributed by atoms with Gasteiger partial charge in [-0.25, -0.2) is 0 Å². The van der Waals surface area contributed by atoms with Crippen LogP contribution in [-0.4, -0.2) is 60.6 Å². The number of rotatable bonds is 6. The van der Waals surface area contributed by atoms with Crippen molar-refractivity contribution >= 4 is 5.91 Å². The second-order valence-electron chi connectivity index (χ2n) is 6.85. The van der Waals surface area contributed by atoms with Gasteiger partial charge in [0.2, 0.25) is 5.91 Å². The fraction of sp³-hybridized carbons (Fsp3) is 0.938. The van der Waals surface area contributed by atoms with Crippen LogP contribution in [0.25, 0.3) is 0 Å². The maximum absolute atomic E-state index is 12.4. The first-order valence-corrected chi connectivity index (χ1v) is 8.29. The number of hydrogen-bond acceptors (Lipinski definition) is 3. The highest BCUT2D eigenvalue weighted by Crippen LogP contribution is 2.49. The molecule has 114 valence electrons. The third-order valence-corrected chi connectivity index (χ3v) is 5.32. The smallest absolute Gasteiger partial charge is 0.236 e. The van der Waals surface area contributed by atoms with Crippen molar-refractivity contribution in [3.63, 3.8) is 0 Å². The summed E-state index contributed by atoms with van der Waals surface area (Å²) in [7, 11) is 0. The highest BCUT2D eigenvalue weighted by Gasteiger charge is 2.49. The number of carbonyl (C=O) groups is 1. The van der Waals surface area contributed by atoms with E-state index in [1.807, 2.05) is 0 Å². The molecule has 0 atom stereocenters. The lowest BCUT2D eigenvalue weighted by atomic mass is 9.66. The average molecular weight is 280 g/mol. The lowest BCUT2D eigenvalue weighted by Crippen LogP contribution is -2.46. The summed E-state index contributed by atoms with van der Waals surface area (Å²) in [4.78, 5) is 16.9. The molecule has 20 heavy (non-hydrogen) atoms. The van der Waals surface area contributed by atoms with Crippen LogP contribution in [0.4, 0.5) is 0 Å². The van der Waals surface area contributed by atoms with Gasteiger partial charge in [-0.05, 0) is 51.0 Å². The van der Waals surface area contributed by atoms with Gasteiger partial charge in [0.15, 0.2) is 0 Å². The van der Waals surface area contributed by atoms with Crippen molar-refractivity contribution < 1.29 is 9.53 Å². The number of likely N-dealkylation sites (N-methyl/N-ethyl adjacent to an activating group) is 1. The van der Waals surface area contributed by atoms with Crippen LogP contribution < -0.4 is 0 Å². The fourth-order valence-electron chi connectivity index (χ4n) is 3.95. The molecule has 0 bridgehead atoms. The molecule has 2 saturated carbocycles. The Kier molecular flexibility index (Phi) is 4.04. The van der Waals surface area contributed by atoms with Crippen molar-refractivity contribution in [2.75, 3.05) is 32.8 Å². The molecule has 3 fully saturated rings. The van der Waals surface area contributed by atoms with Gasteiger partial charge < -0.3 is 9.64 Å². The first-order valence-electron chi connectivity index (χ1n) is 8.29. The predicted octanol–water partition coefficient (Wildman–Crippen LogP) is 1.89. The second-order valence-corrected chi connectivity index (χ2v) is 6.85. The summed E-state index contributed by atoms with van der Waals surface area (Å²) in [5.74, 6) is 0.343. The van der Waals surface area contributed by atoms with Gasteiger partial charge in [-0.1, -0.05) is 6.92 Å². The minimum atomic E-state index is 0.343. The van der Waals surface area contributed by atoms with Crippen molar-refractivity contribution in [1.29, 1.82) is 0 Å². The summed E-state index contributed by atoms with van der Waals surface area (Å²) in [6.07, 6.45) is 6.50. The molecular formula is C16H28N2O2. The SMILES string of the molecule is CCOC1CC2(CCN(C(=O)CN(CC)C3CC3)C2)C1. The third-order valence-electron chi connectivity index (χ3n) is 5.32. The Bertz CT molecular complexity index is 361. The van der Waals surface area contributed by atoms with Gasteiger partial charge in [-0.15, -0.1) is 0 Å². The van der Waals surface area contributed by atoms with Gasteiger partial charge in [0.25, 0.3) is 0 Å². The molecule has 1 spiro atoms. The number of amides is 1. The van der Waals surface area contributed by atoms with E-state index >= 15 is 0 Å². The molecule has 2 aliphatic carbocycles. The zero-order valence-electron chi connectivity index (χ0n) is 12.9. The monoisotopic (exact) mass is 280 g/mol. The number of likely N-dealkylation sites (tertiary alicyclic amines) is 1. The minimum Gasteiger partial charge on any atom is -0.378 e. The molecule has 1 aliphatic heterocycles. The molecule has 3 aliphatic rings. The summed E-state index contributed by atoms with van der Waals surface area (Å²) in [5, 5.41) is 0. The predicted molar refractivity (Wildman–Crippen MR) is 78.5 cm³/mol. The zero-order valence-corrected chi connectivity index (χ0v) is 12.9. The van der Waals surface area contributed by atoms with Crippen LogP contribution in [0.15, 0.2) is 0 Å². The highest BCUT2D eigenvalue weighted by molar-refractivity contribution is 5.78. The van der Waals surface area contributed by atoms with E-state index in [-0.39, 0.29) is 0 Å². The van der Waals surface area contributed by atoms with Gasteiger partial charge in [0, 0.05) is 25.7 Å². The third kappa shape index (κ3) is 2.86. The Morgan fingerprint density at radius 3 is 2.70 bits per heavy atom. The summed E-state index contributed by atoms with van der Waals surface area (Å²) < 4.78 is 5.67. The number of ether oxygens (including phenoxy) is 1. The maximum atomic E-state index is 12.4. The van der Waals surface area contributed by atoms with Crippen LogP contribution >= 0.6 is 0 Å². The lowest BCUT2D eigenvalue weighted by Gasteiger charge is -2.44. The molecule has 1 saturated heterocycles. The first-order chi connectivity index (χ1) is 9.65. The molecule has 4 nitrogen and oxygen atoms in total. The van der Waals surface area contributed by atoms with Crippen LogP contribution in [0.2, 0.25) is 0 Å². The second kappa shape index (κ2) is 5.64. The highest BCUT2D eigenvalue weighted by atomic mass is 16.5. The molecule has 0 aromatic rings. The molecule has 1 heterocycles. The van der Waals surface area contributed by atoms with Crippen molar-refractivity contribution in [1.82, 2.24) is 9.80 Å². The van der Waals surface area contributed by atoms with Gasteiger partial charge in [-0.3, -0.25) is 9.69 Å². The quantitative estimate of drug-likeness (QED) is 0.745. The van der Waals surface area contributed by atoms with Crippen molar-refractivity contribution in [2.24, 2.45) is 5.41 Å². The average Bonchev–Trinajstić information content (AvgIpc) is 3.14. The van der Waals surface area contributed by atoms with Gasteiger partial charge in [-0.2, -0.15) is 0 Å². The molecule has 0 N–H and O–H groups in total. The standard InChI is InChI=1S/C16H28N2O2/c1-3-17(13-5-6-13)11-15(19)18-8-7-16(12-18)9-14(10-16)20-4-2/h13-14H,3-12H2,1-2H3. The Morgan fingerprint density at radius 2 is 2.10 bits per heavy atom. The number of carbonyl (C=O) groups excluding carboxylic acids is 1. The van der Waals surface area contributed by atoms with E-state index in [0.29, 0.717) is 30.0 Å². The van der Waals surface area contributed by atoms with Crippen molar-refractivity contribution in [3.8, 4) is 0 Å². The largest absolute Gasteiger partial charge is 0.378 e. The Morgan fingerprint density at radius 1 is 1.35 bits per heavy atom.